The molecule has 8 nitrogen and oxygen atoms in total. The highest BCUT2D eigenvalue weighted by molar-refractivity contribution is 6.03. The van der Waals surface area contributed by atoms with E-state index in [1.54, 1.807) is 0 Å². The van der Waals surface area contributed by atoms with Crippen molar-refractivity contribution in [3.63, 3.8) is 0 Å². The summed E-state index contributed by atoms with van der Waals surface area (Å²) in [6, 6.07) is 2.02. The maximum atomic E-state index is 12.8. The van der Waals surface area contributed by atoms with Crippen LogP contribution in [0.15, 0.2) is 12.1 Å². The number of carbonyl (C=O) groups excluding carboxylic acids is 3. The lowest BCUT2D eigenvalue weighted by Crippen LogP contribution is -2.41. The van der Waals surface area contributed by atoms with Crippen LogP contribution in [0.4, 0.5) is 0 Å². The number of benzene rings is 1. The van der Waals surface area contributed by atoms with Gasteiger partial charge in [-0.15, -0.1) is 0 Å². The molecule has 2 rings (SSSR count). The normalized spacial score (nSPS) is 16.8. The van der Waals surface area contributed by atoms with Crippen LogP contribution in [0.5, 0.6) is 17.2 Å². The number of Topliss-reactive ketones (excluding diaryl/α,β-unsaturated/α-hetero) is 1. The maximum absolute atomic E-state index is 12.8. The third-order valence-corrected chi connectivity index (χ3v) is 3.79. The second-order valence-corrected chi connectivity index (χ2v) is 5.13. The summed E-state index contributed by atoms with van der Waals surface area (Å²) >= 11 is 0. The van der Waals surface area contributed by atoms with Crippen LogP contribution in [0.25, 0.3) is 0 Å². The average Bonchev–Trinajstić information content (AvgIpc) is 3.00. The third kappa shape index (κ3) is 3.12. The number of esters is 1. The fourth-order valence-electron chi connectivity index (χ4n) is 2.62. The quantitative estimate of drug-likeness (QED) is 0.729. The number of nitrogens with zero attached hydrogens (tertiary/aromatic N) is 1. The van der Waals surface area contributed by atoms with Crippen molar-refractivity contribution in [1.82, 2.24) is 4.90 Å². The Kier molecular flexibility index (Phi) is 5.28. The lowest BCUT2D eigenvalue weighted by atomic mass is 10.1. The molecule has 0 bridgehead atoms. The number of hydrogen-bond donors (Lipinski definition) is 0. The van der Waals surface area contributed by atoms with Crippen LogP contribution < -0.4 is 14.2 Å². The minimum absolute atomic E-state index is 0.0527. The van der Waals surface area contributed by atoms with E-state index in [1.165, 1.54) is 45.5 Å². The highest BCUT2D eigenvalue weighted by Gasteiger charge is 2.40. The number of methoxy groups -OCH3 is 4. The summed E-state index contributed by atoms with van der Waals surface area (Å²) in [5, 5.41) is 0. The Morgan fingerprint density at radius 2 is 1.62 bits per heavy atom. The molecule has 1 unspecified atom stereocenters. The van der Waals surface area contributed by atoms with Crippen LogP contribution in [0.3, 0.4) is 0 Å². The molecule has 1 heterocycles. The van der Waals surface area contributed by atoms with Crippen molar-refractivity contribution in [3.8, 4) is 17.2 Å². The summed E-state index contributed by atoms with van der Waals surface area (Å²) < 4.78 is 20.3. The van der Waals surface area contributed by atoms with E-state index in [0.717, 1.165) is 0 Å². The van der Waals surface area contributed by atoms with Gasteiger partial charge < -0.3 is 23.8 Å². The van der Waals surface area contributed by atoms with Gasteiger partial charge in [-0.2, -0.15) is 0 Å². The first-order valence-electron chi connectivity index (χ1n) is 7.17. The van der Waals surface area contributed by atoms with E-state index in [9.17, 15) is 14.4 Å². The molecule has 0 N–H and O–H groups in total. The Morgan fingerprint density at radius 1 is 1.04 bits per heavy atom. The summed E-state index contributed by atoms with van der Waals surface area (Å²) in [7, 11) is 5.53. The molecule has 8 heteroatoms. The average molecular weight is 337 g/mol. The Hall–Kier alpha value is -2.77. The van der Waals surface area contributed by atoms with Crippen molar-refractivity contribution in [2.45, 2.75) is 12.5 Å². The van der Waals surface area contributed by atoms with Gasteiger partial charge in [0.1, 0.15) is 6.04 Å². The zero-order valence-corrected chi connectivity index (χ0v) is 14.0. The van der Waals surface area contributed by atoms with Gasteiger partial charge in [-0.05, 0) is 12.1 Å². The van der Waals surface area contributed by atoms with Gasteiger partial charge in [0.2, 0.25) is 5.75 Å². The molecule has 1 saturated heterocycles. The molecule has 1 aliphatic rings. The molecule has 1 atom stereocenters. The molecule has 1 aromatic carbocycles. The highest BCUT2D eigenvalue weighted by atomic mass is 16.5. The molecule has 0 radical (unpaired) electrons. The molecule has 24 heavy (non-hydrogen) atoms. The minimum Gasteiger partial charge on any atom is -0.493 e. The van der Waals surface area contributed by atoms with Crippen LogP contribution in [0.1, 0.15) is 16.8 Å². The van der Waals surface area contributed by atoms with Crippen LogP contribution in [-0.2, 0) is 14.3 Å². The Balaban J connectivity index is 2.41. The smallest absolute Gasteiger partial charge is 0.329 e. The summed E-state index contributed by atoms with van der Waals surface area (Å²) in [6.07, 6.45) is -0.0527. The van der Waals surface area contributed by atoms with E-state index in [1.807, 2.05) is 0 Å². The second kappa shape index (κ2) is 7.20. The van der Waals surface area contributed by atoms with E-state index in [-0.39, 0.29) is 24.3 Å². The van der Waals surface area contributed by atoms with Crippen LogP contribution in [-0.4, -0.2) is 63.6 Å². The molecular formula is C16H19NO7. The Labute approximate surface area is 139 Å². The SMILES string of the molecule is COC(=O)C1CC(=O)CN1C(=O)c1cc(OC)c(OC)c(OC)c1. The van der Waals surface area contributed by atoms with Gasteiger partial charge in [0.25, 0.3) is 5.91 Å². The maximum Gasteiger partial charge on any atom is 0.329 e. The van der Waals surface area contributed by atoms with Crippen molar-refractivity contribution in [2.75, 3.05) is 35.0 Å². The molecule has 0 aliphatic carbocycles. The standard InChI is InChI=1S/C16H19NO7/c1-21-12-5-9(6-13(22-2)14(12)23-3)15(19)17-8-10(18)7-11(17)16(20)24-4/h5-6,11H,7-8H2,1-4H3. The number of ether oxygens (including phenoxy) is 4. The van der Waals surface area contributed by atoms with E-state index in [4.69, 9.17) is 14.2 Å². The van der Waals surface area contributed by atoms with Crippen molar-refractivity contribution in [3.05, 3.63) is 17.7 Å². The highest BCUT2D eigenvalue weighted by Crippen LogP contribution is 2.38. The summed E-state index contributed by atoms with van der Waals surface area (Å²) in [4.78, 5) is 37.5. The van der Waals surface area contributed by atoms with Gasteiger partial charge in [-0.1, -0.05) is 0 Å². The van der Waals surface area contributed by atoms with Crippen LogP contribution >= 0.6 is 0 Å². The van der Waals surface area contributed by atoms with Crippen LogP contribution in [0, 0.1) is 0 Å². The molecular weight excluding hydrogens is 318 g/mol. The summed E-state index contributed by atoms with van der Waals surface area (Å²) in [6.45, 7) is -0.144. The van der Waals surface area contributed by atoms with Gasteiger partial charge in [-0.3, -0.25) is 9.59 Å². The molecule has 0 spiro atoms. The zero-order chi connectivity index (χ0) is 17.9. The topological polar surface area (TPSA) is 91.4 Å². The van der Waals surface area contributed by atoms with E-state index in [2.05, 4.69) is 4.74 Å². The van der Waals surface area contributed by atoms with Crippen LogP contribution in [0.2, 0.25) is 0 Å². The van der Waals surface area contributed by atoms with E-state index in [0.29, 0.717) is 17.2 Å². The largest absolute Gasteiger partial charge is 0.493 e. The molecule has 1 amide bonds. The van der Waals surface area contributed by atoms with Gasteiger partial charge >= 0.3 is 5.97 Å². The fraction of sp³-hybridized carbons (Fsp3) is 0.438. The van der Waals surface area contributed by atoms with Crippen molar-refractivity contribution < 1.29 is 33.3 Å². The fourth-order valence-corrected chi connectivity index (χ4v) is 2.62. The first-order valence-corrected chi connectivity index (χ1v) is 7.17. The minimum atomic E-state index is -0.922. The molecule has 0 saturated carbocycles. The number of amides is 1. The molecule has 130 valence electrons. The summed E-state index contributed by atoms with van der Waals surface area (Å²) in [5.74, 6) is -0.359. The van der Waals surface area contributed by atoms with Gasteiger partial charge in [0.15, 0.2) is 17.3 Å². The number of likely N-dealkylation sites (tertiary alicyclic amines) is 1. The molecule has 1 aliphatic heterocycles. The van der Waals surface area contributed by atoms with Crippen molar-refractivity contribution >= 4 is 17.7 Å². The van der Waals surface area contributed by atoms with Gasteiger partial charge in [0, 0.05) is 12.0 Å². The number of hydrogen-bond acceptors (Lipinski definition) is 7. The summed E-state index contributed by atoms with van der Waals surface area (Å²) in [5.41, 5.74) is 0.216. The van der Waals surface area contributed by atoms with Gasteiger partial charge in [0.05, 0.1) is 35.0 Å². The zero-order valence-electron chi connectivity index (χ0n) is 14.0. The number of ketones is 1. The number of carbonyl (C=O) groups is 3. The molecule has 0 aromatic heterocycles. The van der Waals surface area contributed by atoms with Crippen molar-refractivity contribution in [2.24, 2.45) is 0 Å². The predicted molar refractivity (Wildman–Crippen MR) is 82.6 cm³/mol. The molecule has 1 fully saturated rings. The lowest BCUT2D eigenvalue weighted by molar-refractivity contribution is -0.145. The number of rotatable bonds is 5. The lowest BCUT2D eigenvalue weighted by Gasteiger charge is -2.22. The molecule has 1 aromatic rings. The van der Waals surface area contributed by atoms with E-state index >= 15 is 0 Å². The second-order valence-electron chi connectivity index (χ2n) is 5.13. The first-order chi connectivity index (χ1) is 11.5. The van der Waals surface area contributed by atoms with Crippen molar-refractivity contribution in [1.29, 1.82) is 0 Å². The van der Waals surface area contributed by atoms with E-state index < -0.39 is 17.9 Å². The first kappa shape index (κ1) is 17.6. The van der Waals surface area contributed by atoms with Gasteiger partial charge in [-0.25, -0.2) is 4.79 Å². The Morgan fingerprint density at radius 3 is 2.08 bits per heavy atom. The Bertz CT molecular complexity index is 645. The predicted octanol–water partition coefficient (Wildman–Crippen LogP) is 0.669. The third-order valence-electron chi connectivity index (χ3n) is 3.79. The monoisotopic (exact) mass is 337 g/mol.